The average molecular weight is 191 g/mol. The maximum atomic E-state index is 11.5. The second kappa shape index (κ2) is 5.17. The lowest BCUT2D eigenvalue weighted by Crippen LogP contribution is -2.23. The third kappa shape index (κ3) is 3.39. The van der Waals surface area contributed by atoms with Gasteiger partial charge in [-0.25, -0.2) is 0 Å². The summed E-state index contributed by atoms with van der Waals surface area (Å²) in [4.78, 5) is 22.0. The Morgan fingerprint density at radius 2 is 1.86 bits per heavy atom. The fourth-order valence-corrected chi connectivity index (χ4v) is 1.12. The monoisotopic (exact) mass is 191 g/mol. The van der Waals surface area contributed by atoms with E-state index >= 15 is 0 Å². The van der Waals surface area contributed by atoms with Gasteiger partial charge in [0.25, 0.3) is 0 Å². The minimum Gasteiger partial charge on any atom is -0.356 e. The molecule has 0 atom stereocenters. The second-order valence-corrected chi connectivity index (χ2v) is 3.02. The Hall–Kier alpha value is -1.64. The number of benzene rings is 1. The van der Waals surface area contributed by atoms with E-state index in [4.69, 9.17) is 0 Å². The summed E-state index contributed by atoms with van der Waals surface area (Å²) >= 11 is 0. The van der Waals surface area contributed by atoms with Crippen LogP contribution >= 0.6 is 0 Å². The van der Waals surface area contributed by atoms with E-state index in [0.29, 0.717) is 18.5 Å². The molecule has 0 bridgehead atoms. The lowest BCUT2D eigenvalue weighted by Gasteiger charge is -2.01. The molecule has 0 saturated heterocycles. The van der Waals surface area contributed by atoms with E-state index in [-0.39, 0.29) is 11.7 Å². The first-order valence-electron chi connectivity index (χ1n) is 4.53. The van der Waals surface area contributed by atoms with Gasteiger partial charge in [0.2, 0.25) is 5.91 Å². The molecule has 1 amide bonds. The van der Waals surface area contributed by atoms with Crippen LogP contribution < -0.4 is 5.32 Å². The number of carbonyl (C=O) groups excluding carboxylic acids is 2. The van der Waals surface area contributed by atoms with Gasteiger partial charge in [0.15, 0.2) is 5.78 Å². The summed E-state index contributed by atoms with van der Waals surface area (Å²) in [5, 5.41) is 2.59. The highest BCUT2D eigenvalue weighted by molar-refractivity contribution is 5.96. The molecule has 1 N–H and O–H groups in total. The summed E-state index contributed by atoms with van der Waals surface area (Å²) in [5.74, 6) is -0.0507. The molecule has 1 rings (SSSR count). The molecular weight excluding hydrogens is 178 g/mol. The normalized spacial score (nSPS) is 9.50. The predicted molar refractivity (Wildman–Crippen MR) is 54.1 cm³/mol. The zero-order valence-electron chi connectivity index (χ0n) is 8.12. The first-order chi connectivity index (χ1) is 6.70. The van der Waals surface area contributed by atoms with Crippen LogP contribution in [0.4, 0.5) is 0 Å². The van der Waals surface area contributed by atoms with Crippen molar-refractivity contribution in [2.45, 2.75) is 13.3 Å². The van der Waals surface area contributed by atoms with Gasteiger partial charge in [0.1, 0.15) is 0 Å². The van der Waals surface area contributed by atoms with Crippen LogP contribution in [0.2, 0.25) is 0 Å². The molecular formula is C11H13NO2. The molecule has 0 spiro atoms. The van der Waals surface area contributed by atoms with Gasteiger partial charge in [-0.2, -0.15) is 0 Å². The molecule has 0 saturated carbocycles. The molecule has 74 valence electrons. The molecule has 14 heavy (non-hydrogen) atoms. The molecule has 0 heterocycles. The summed E-state index contributed by atoms with van der Waals surface area (Å²) in [6, 6.07) is 9.06. The topological polar surface area (TPSA) is 46.2 Å². The van der Waals surface area contributed by atoms with Crippen LogP contribution in [0.25, 0.3) is 0 Å². The highest BCUT2D eigenvalue weighted by atomic mass is 16.1. The van der Waals surface area contributed by atoms with E-state index in [1.807, 2.05) is 18.2 Å². The minimum atomic E-state index is -0.106. The molecule has 1 aromatic carbocycles. The van der Waals surface area contributed by atoms with Gasteiger partial charge < -0.3 is 5.32 Å². The Labute approximate surface area is 83.1 Å². The van der Waals surface area contributed by atoms with E-state index in [1.165, 1.54) is 6.92 Å². The van der Waals surface area contributed by atoms with E-state index in [2.05, 4.69) is 5.32 Å². The van der Waals surface area contributed by atoms with Crippen molar-refractivity contribution in [1.29, 1.82) is 0 Å². The average Bonchev–Trinajstić information content (AvgIpc) is 2.18. The Kier molecular flexibility index (Phi) is 3.85. The SMILES string of the molecule is CC(=O)NCCC(=O)c1ccccc1. The van der Waals surface area contributed by atoms with E-state index < -0.39 is 0 Å². The van der Waals surface area contributed by atoms with Crippen molar-refractivity contribution < 1.29 is 9.59 Å². The largest absolute Gasteiger partial charge is 0.356 e. The van der Waals surface area contributed by atoms with E-state index in [9.17, 15) is 9.59 Å². The Balaban J connectivity index is 2.40. The number of hydrogen-bond acceptors (Lipinski definition) is 2. The molecule has 3 heteroatoms. The van der Waals surface area contributed by atoms with Crippen molar-refractivity contribution in [2.75, 3.05) is 6.54 Å². The van der Waals surface area contributed by atoms with Crippen LogP contribution in [-0.2, 0) is 4.79 Å². The van der Waals surface area contributed by atoms with Gasteiger partial charge in [0.05, 0.1) is 0 Å². The standard InChI is InChI=1S/C11H13NO2/c1-9(13)12-8-7-11(14)10-5-3-2-4-6-10/h2-6H,7-8H2,1H3,(H,12,13). The van der Waals surface area contributed by atoms with Crippen LogP contribution in [0.5, 0.6) is 0 Å². The summed E-state index contributed by atoms with van der Waals surface area (Å²) in [6.45, 7) is 1.84. The first kappa shape index (κ1) is 10.4. The second-order valence-electron chi connectivity index (χ2n) is 3.02. The molecule has 0 aliphatic carbocycles. The number of rotatable bonds is 4. The lowest BCUT2D eigenvalue weighted by atomic mass is 10.1. The number of ketones is 1. The van der Waals surface area contributed by atoms with Crippen LogP contribution in [-0.4, -0.2) is 18.2 Å². The number of Topliss-reactive ketones (excluding diaryl/α,β-unsaturated/α-hetero) is 1. The lowest BCUT2D eigenvalue weighted by molar-refractivity contribution is -0.118. The highest BCUT2D eigenvalue weighted by Gasteiger charge is 2.03. The maximum Gasteiger partial charge on any atom is 0.216 e. The van der Waals surface area contributed by atoms with Gasteiger partial charge in [-0.3, -0.25) is 9.59 Å². The third-order valence-electron chi connectivity index (χ3n) is 1.82. The zero-order chi connectivity index (χ0) is 10.4. The van der Waals surface area contributed by atoms with Gasteiger partial charge in [-0.15, -0.1) is 0 Å². The predicted octanol–water partition coefficient (Wildman–Crippen LogP) is 1.40. The maximum absolute atomic E-state index is 11.5. The molecule has 0 radical (unpaired) electrons. The molecule has 3 nitrogen and oxygen atoms in total. The van der Waals surface area contributed by atoms with E-state index in [1.54, 1.807) is 12.1 Å². The van der Waals surface area contributed by atoms with Gasteiger partial charge in [0, 0.05) is 25.5 Å². The summed E-state index contributed by atoms with van der Waals surface area (Å²) in [6.07, 6.45) is 0.351. The number of amides is 1. The van der Waals surface area contributed by atoms with Crippen molar-refractivity contribution in [3.8, 4) is 0 Å². The van der Waals surface area contributed by atoms with Crippen molar-refractivity contribution in [1.82, 2.24) is 5.32 Å². The summed E-state index contributed by atoms with van der Waals surface area (Å²) in [7, 11) is 0. The molecule has 1 aromatic rings. The Morgan fingerprint density at radius 3 is 2.43 bits per heavy atom. The quantitative estimate of drug-likeness (QED) is 0.731. The Bertz CT molecular complexity index is 319. The van der Waals surface area contributed by atoms with Crippen LogP contribution in [0.15, 0.2) is 30.3 Å². The number of hydrogen-bond donors (Lipinski definition) is 1. The smallest absolute Gasteiger partial charge is 0.216 e. The molecule has 0 fully saturated rings. The number of carbonyl (C=O) groups is 2. The fraction of sp³-hybridized carbons (Fsp3) is 0.273. The van der Waals surface area contributed by atoms with Gasteiger partial charge in [-0.05, 0) is 0 Å². The summed E-state index contributed by atoms with van der Waals surface area (Å²) < 4.78 is 0. The van der Waals surface area contributed by atoms with Gasteiger partial charge in [-0.1, -0.05) is 30.3 Å². The van der Waals surface area contributed by atoms with Crippen LogP contribution in [0.3, 0.4) is 0 Å². The molecule has 0 aliphatic heterocycles. The van der Waals surface area contributed by atoms with Crippen molar-refractivity contribution >= 4 is 11.7 Å². The molecule has 0 unspecified atom stereocenters. The highest BCUT2D eigenvalue weighted by Crippen LogP contribution is 2.01. The first-order valence-corrected chi connectivity index (χ1v) is 4.53. The van der Waals surface area contributed by atoms with Crippen molar-refractivity contribution in [3.63, 3.8) is 0 Å². The minimum absolute atomic E-state index is 0.0550. The van der Waals surface area contributed by atoms with Gasteiger partial charge >= 0.3 is 0 Å². The number of nitrogens with one attached hydrogen (secondary N) is 1. The van der Waals surface area contributed by atoms with Crippen molar-refractivity contribution in [3.05, 3.63) is 35.9 Å². The van der Waals surface area contributed by atoms with Crippen LogP contribution in [0.1, 0.15) is 23.7 Å². The van der Waals surface area contributed by atoms with Crippen molar-refractivity contribution in [2.24, 2.45) is 0 Å². The summed E-state index contributed by atoms with van der Waals surface area (Å²) in [5.41, 5.74) is 0.692. The van der Waals surface area contributed by atoms with E-state index in [0.717, 1.165) is 0 Å². The molecule has 0 aliphatic rings. The van der Waals surface area contributed by atoms with Crippen LogP contribution in [0, 0.1) is 0 Å². The Morgan fingerprint density at radius 1 is 1.21 bits per heavy atom. The zero-order valence-corrected chi connectivity index (χ0v) is 8.12. The fourth-order valence-electron chi connectivity index (χ4n) is 1.12. The third-order valence-corrected chi connectivity index (χ3v) is 1.82. The molecule has 0 aromatic heterocycles.